The number of nitrogens with zero attached hydrogens (tertiary/aromatic N) is 4. The second-order valence-corrected chi connectivity index (χ2v) is 7.79. The van der Waals surface area contributed by atoms with Crippen LogP contribution in [0.15, 0.2) is 22.5 Å². The van der Waals surface area contributed by atoms with Crippen molar-refractivity contribution in [3.05, 3.63) is 43.3 Å². The molecule has 0 saturated carbocycles. The van der Waals surface area contributed by atoms with Crippen LogP contribution >= 0.6 is 34.5 Å². The van der Waals surface area contributed by atoms with Crippen LogP contribution in [-0.4, -0.2) is 21.9 Å². The minimum absolute atomic E-state index is 0.0807. The van der Waals surface area contributed by atoms with E-state index in [2.05, 4.69) is 27.3 Å². The van der Waals surface area contributed by atoms with Gasteiger partial charge in [-0.2, -0.15) is 15.3 Å². The Bertz CT molecular complexity index is 825. The molecule has 126 valence electrons. The van der Waals surface area contributed by atoms with E-state index in [1.54, 1.807) is 6.20 Å². The van der Waals surface area contributed by atoms with Crippen LogP contribution < -0.4 is 11.5 Å². The minimum atomic E-state index is -0.0807. The molecule has 0 bridgehead atoms. The summed E-state index contributed by atoms with van der Waals surface area (Å²) in [6.07, 6.45) is 3.98. The van der Waals surface area contributed by atoms with Gasteiger partial charge in [-0.05, 0) is 42.4 Å². The average molecular weight is 383 g/mol. The summed E-state index contributed by atoms with van der Waals surface area (Å²) in [5.41, 5.74) is 15.6. The summed E-state index contributed by atoms with van der Waals surface area (Å²) >= 11 is 13.8. The topological polar surface area (TPSA) is 103 Å². The average Bonchev–Trinajstić information content (AvgIpc) is 2.90. The molecular formula is C15H16Cl2N6S. The third kappa shape index (κ3) is 3.38. The van der Waals surface area contributed by atoms with Crippen LogP contribution in [-0.2, 0) is 12.8 Å². The van der Waals surface area contributed by atoms with Crippen LogP contribution in [0.1, 0.15) is 41.6 Å². The molecule has 0 spiro atoms. The van der Waals surface area contributed by atoms with Gasteiger partial charge in [0.1, 0.15) is 0 Å². The molecule has 1 aliphatic carbocycles. The normalized spacial score (nSPS) is 18.5. The first kappa shape index (κ1) is 17.1. The summed E-state index contributed by atoms with van der Waals surface area (Å²) < 4.78 is 1.35. The molecule has 1 unspecified atom stereocenters. The van der Waals surface area contributed by atoms with Gasteiger partial charge in [0.05, 0.1) is 26.3 Å². The van der Waals surface area contributed by atoms with Crippen molar-refractivity contribution in [1.82, 2.24) is 10.2 Å². The van der Waals surface area contributed by atoms with Gasteiger partial charge >= 0.3 is 0 Å². The highest BCUT2D eigenvalue weighted by Crippen LogP contribution is 2.41. The number of aromatic nitrogens is 2. The Kier molecular flexibility index (Phi) is 5.03. The second-order valence-electron chi connectivity index (χ2n) is 5.50. The van der Waals surface area contributed by atoms with Crippen LogP contribution in [0.4, 0.5) is 0 Å². The molecule has 0 fully saturated rings. The highest BCUT2D eigenvalue weighted by molar-refractivity contribution is 7.20. The van der Waals surface area contributed by atoms with E-state index in [9.17, 15) is 0 Å². The van der Waals surface area contributed by atoms with Crippen LogP contribution in [0, 0.1) is 0 Å². The molecule has 1 aliphatic rings. The van der Waals surface area contributed by atoms with Gasteiger partial charge in [0, 0.05) is 5.56 Å². The van der Waals surface area contributed by atoms with Crippen molar-refractivity contribution in [2.75, 3.05) is 0 Å². The predicted octanol–water partition coefficient (Wildman–Crippen LogP) is 3.11. The zero-order chi connectivity index (χ0) is 17.3. The molecular weight excluding hydrogens is 367 g/mol. The van der Waals surface area contributed by atoms with E-state index in [4.69, 9.17) is 34.7 Å². The summed E-state index contributed by atoms with van der Waals surface area (Å²) in [4.78, 5) is 0. The molecule has 2 aromatic rings. The van der Waals surface area contributed by atoms with Crippen LogP contribution in [0.3, 0.4) is 0 Å². The number of hydrogen-bond acceptors (Lipinski definition) is 5. The number of halogens is 2. The second kappa shape index (κ2) is 7.04. The molecule has 2 aromatic heterocycles. The Labute approximate surface area is 153 Å². The zero-order valence-electron chi connectivity index (χ0n) is 13.0. The lowest BCUT2D eigenvalue weighted by Crippen LogP contribution is -2.25. The van der Waals surface area contributed by atoms with Crippen molar-refractivity contribution in [1.29, 1.82) is 0 Å². The summed E-state index contributed by atoms with van der Waals surface area (Å²) in [6, 6.07) is 1.90. The lowest BCUT2D eigenvalue weighted by atomic mass is 9.80. The van der Waals surface area contributed by atoms with Gasteiger partial charge < -0.3 is 11.5 Å². The molecule has 24 heavy (non-hydrogen) atoms. The first-order valence-electron chi connectivity index (χ1n) is 7.43. The minimum Gasteiger partial charge on any atom is -0.369 e. The molecule has 0 aliphatic heterocycles. The van der Waals surface area contributed by atoms with Crippen molar-refractivity contribution in [3.63, 3.8) is 0 Å². The van der Waals surface area contributed by atoms with E-state index in [1.165, 1.54) is 11.3 Å². The van der Waals surface area contributed by atoms with Crippen LogP contribution in [0.5, 0.6) is 0 Å². The number of thiophene rings is 1. The first-order chi connectivity index (χ1) is 11.5. The number of hydrogen-bond donors (Lipinski definition) is 2. The fourth-order valence-electron chi connectivity index (χ4n) is 2.93. The lowest BCUT2D eigenvalue weighted by Gasteiger charge is -2.25. The SMILES string of the molecule is CCc1cnnc2c1C(=NN=C(N)N)CC(c1cc(Cl)sc1Cl)C2. The van der Waals surface area contributed by atoms with Crippen molar-refractivity contribution in [2.24, 2.45) is 21.7 Å². The van der Waals surface area contributed by atoms with Gasteiger partial charge in [0.25, 0.3) is 0 Å². The van der Waals surface area contributed by atoms with E-state index >= 15 is 0 Å². The van der Waals surface area contributed by atoms with Crippen LogP contribution in [0.25, 0.3) is 0 Å². The van der Waals surface area contributed by atoms with Gasteiger partial charge in [-0.25, -0.2) is 0 Å². The summed E-state index contributed by atoms with van der Waals surface area (Å²) in [7, 11) is 0. The van der Waals surface area contributed by atoms with Crippen molar-refractivity contribution in [2.45, 2.75) is 32.1 Å². The first-order valence-corrected chi connectivity index (χ1v) is 9.00. The van der Waals surface area contributed by atoms with Gasteiger partial charge in [0.15, 0.2) is 0 Å². The molecule has 0 saturated heterocycles. The molecule has 0 amide bonds. The Balaban J connectivity index is 2.10. The summed E-state index contributed by atoms with van der Waals surface area (Å²) in [5.74, 6) is 0.0333. The molecule has 6 nitrogen and oxygen atoms in total. The maximum absolute atomic E-state index is 6.33. The highest BCUT2D eigenvalue weighted by atomic mass is 35.5. The molecule has 2 heterocycles. The number of guanidine groups is 1. The Hall–Kier alpha value is -1.70. The fourth-order valence-corrected chi connectivity index (χ4v) is 4.56. The molecule has 3 rings (SSSR count). The maximum atomic E-state index is 6.33. The van der Waals surface area contributed by atoms with Crippen LogP contribution in [0.2, 0.25) is 8.67 Å². The molecule has 0 aromatic carbocycles. The molecule has 0 radical (unpaired) electrons. The Morgan fingerprint density at radius 3 is 2.79 bits per heavy atom. The molecule has 1 atom stereocenters. The standard InChI is InChI=1S/C15H16Cl2N6S/c1-2-7-6-20-21-10-3-8(9-5-12(16)24-14(9)17)4-11(13(7)10)22-23-15(18)19/h5-6,8H,2-4H2,1H3,(H4,18,19,23). The maximum Gasteiger partial charge on any atom is 0.211 e. The number of aryl methyl sites for hydroxylation is 1. The smallest absolute Gasteiger partial charge is 0.211 e. The fraction of sp³-hybridized carbons (Fsp3) is 0.333. The number of fused-ring (bicyclic) bond motifs is 1. The van der Waals surface area contributed by atoms with E-state index in [1.807, 2.05) is 6.07 Å². The third-order valence-electron chi connectivity index (χ3n) is 3.96. The largest absolute Gasteiger partial charge is 0.369 e. The van der Waals surface area contributed by atoms with Crippen molar-refractivity contribution in [3.8, 4) is 0 Å². The third-order valence-corrected chi connectivity index (χ3v) is 5.48. The summed E-state index contributed by atoms with van der Waals surface area (Å²) in [6.45, 7) is 2.07. The van der Waals surface area contributed by atoms with Gasteiger partial charge in [-0.1, -0.05) is 30.1 Å². The molecule has 4 N–H and O–H groups in total. The quantitative estimate of drug-likeness (QED) is 0.483. The zero-order valence-corrected chi connectivity index (χ0v) is 15.3. The van der Waals surface area contributed by atoms with E-state index in [0.717, 1.165) is 40.9 Å². The summed E-state index contributed by atoms with van der Waals surface area (Å²) in [5, 5.41) is 16.5. The lowest BCUT2D eigenvalue weighted by molar-refractivity contribution is 0.666. The van der Waals surface area contributed by atoms with E-state index in [-0.39, 0.29) is 11.9 Å². The van der Waals surface area contributed by atoms with E-state index in [0.29, 0.717) is 15.1 Å². The highest BCUT2D eigenvalue weighted by Gasteiger charge is 2.30. The Morgan fingerprint density at radius 2 is 2.17 bits per heavy atom. The monoisotopic (exact) mass is 382 g/mol. The van der Waals surface area contributed by atoms with Gasteiger partial charge in [-0.3, -0.25) is 0 Å². The number of rotatable bonds is 3. The van der Waals surface area contributed by atoms with Gasteiger partial charge in [-0.15, -0.1) is 16.4 Å². The molecule has 9 heteroatoms. The van der Waals surface area contributed by atoms with Gasteiger partial charge in [0.2, 0.25) is 5.96 Å². The van der Waals surface area contributed by atoms with E-state index < -0.39 is 0 Å². The van der Waals surface area contributed by atoms with Crippen molar-refractivity contribution >= 4 is 46.2 Å². The predicted molar refractivity (Wildman–Crippen MR) is 99.2 cm³/mol. The Morgan fingerprint density at radius 1 is 1.38 bits per heavy atom. The van der Waals surface area contributed by atoms with Crippen molar-refractivity contribution < 1.29 is 0 Å². The number of nitrogens with two attached hydrogens (primary N) is 2.